The van der Waals surface area contributed by atoms with Crippen molar-refractivity contribution in [2.24, 2.45) is 0 Å². The minimum atomic E-state index is -0.0458. The van der Waals surface area contributed by atoms with E-state index in [0.717, 1.165) is 72.7 Å². The van der Waals surface area contributed by atoms with Gasteiger partial charge in [-0.2, -0.15) is 5.10 Å². The number of hydrogen-bond donors (Lipinski definition) is 0. The molecule has 35 heavy (non-hydrogen) atoms. The summed E-state index contributed by atoms with van der Waals surface area (Å²) in [6.07, 6.45) is 11.1. The molecule has 2 saturated heterocycles. The van der Waals surface area contributed by atoms with Gasteiger partial charge < -0.3 is 9.80 Å². The van der Waals surface area contributed by atoms with Crippen LogP contribution >= 0.6 is 0 Å². The number of hydrogen-bond acceptors (Lipinski definition) is 5. The van der Waals surface area contributed by atoms with Crippen LogP contribution < -0.4 is 4.90 Å². The first-order valence-electron chi connectivity index (χ1n) is 12.6. The maximum absolute atomic E-state index is 13.7. The standard InChI is InChI=1S/C28H30N6O/c1-20-19-34-26(30-27(20)32-13-4-5-14-32)17-24(31-34)25-11-2-3-15-33(25)28(35)22-9-6-8-21(16-22)23-10-7-12-29-18-23/h6-10,12,16-19,25H,2-5,11,13-15H2,1H3/t25-/m0/s1. The second-order valence-electron chi connectivity index (χ2n) is 9.65. The van der Waals surface area contributed by atoms with Gasteiger partial charge >= 0.3 is 0 Å². The molecule has 1 aromatic carbocycles. The average Bonchev–Trinajstić information content (AvgIpc) is 3.58. The monoisotopic (exact) mass is 466 g/mol. The van der Waals surface area contributed by atoms with Gasteiger partial charge in [-0.25, -0.2) is 9.50 Å². The molecule has 1 amide bonds. The Morgan fingerprint density at radius 3 is 2.63 bits per heavy atom. The maximum Gasteiger partial charge on any atom is 0.254 e. The number of fused-ring (bicyclic) bond motifs is 1. The lowest BCUT2D eigenvalue weighted by Crippen LogP contribution is -2.38. The van der Waals surface area contributed by atoms with Gasteiger partial charge in [0.05, 0.1) is 11.7 Å². The molecule has 3 aromatic heterocycles. The molecule has 2 aliphatic heterocycles. The van der Waals surface area contributed by atoms with Crippen molar-refractivity contribution in [3.8, 4) is 11.1 Å². The van der Waals surface area contributed by atoms with Crippen molar-refractivity contribution in [1.29, 1.82) is 0 Å². The highest BCUT2D eigenvalue weighted by atomic mass is 16.2. The van der Waals surface area contributed by atoms with Crippen LogP contribution in [-0.4, -0.2) is 50.0 Å². The van der Waals surface area contributed by atoms with Crippen molar-refractivity contribution in [3.05, 3.63) is 77.9 Å². The maximum atomic E-state index is 13.7. The average molecular weight is 467 g/mol. The Bertz CT molecular complexity index is 1360. The summed E-state index contributed by atoms with van der Waals surface area (Å²) in [7, 11) is 0. The third kappa shape index (κ3) is 4.16. The van der Waals surface area contributed by atoms with Crippen molar-refractivity contribution in [1.82, 2.24) is 24.5 Å². The number of nitrogens with zero attached hydrogens (tertiary/aromatic N) is 6. The van der Waals surface area contributed by atoms with Gasteiger partial charge in [-0.3, -0.25) is 9.78 Å². The lowest BCUT2D eigenvalue weighted by atomic mass is 9.97. The number of likely N-dealkylation sites (tertiary alicyclic amines) is 1. The molecule has 6 rings (SSSR count). The Labute approximate surface area is 205 Å². The van der Waals surface area contributed by atoms with Crippen LogP contribution in [0.15, 0.2) is 61.1 Å². The van der Waals surface area contributed by atoms with Gasteiger partial charge in [-0.1, -0.05) is 18.2 Å². The summed E-state index contributed by atoms with van der Waals surface area (Å²) >= 11 is 0. The van der Waals surface area contributed by atoms with Gasteiger partial charge in [0.15, 0.2) is 5.65 Å². The number of amides is 1. The van der Waals surface area contributed by atoms with E-state index in [0.29, 0.717) is 5.56 Å². The molecule has 2 fully saturated rings. The summed E-state index contributed by atoms with van der Waals surface area (Å²) in [5.41, 5.74) is 5.62. The number of carbonyl (C=O) groups excluding carboxylic acids is 1. The number of pyridine rings is 1. The Kier molecular flexibility index (Phi) is 5.68. The number of carbonyl (C=O) groups is 1. The summed E-state index contributed by atoms with van der Waals surface area (Å²) in [4.78, 5) is 27.3. The molecule has 0 saturated carbocycles. The third-order valence-corrected chi connectivity index (χ3v) is 7.24. The van der Waals surface area contributed by atoms with Crippen molar-refractivity contribution in [2.45, 2.75) is 45.1 Å². The predicted octanol–water partition coefficient (Wildman–Crippen LogP) is 5.07. The van der Waals surface area contributed by atoms with Crippen LogP contribution in [0.25, 0.3) is 16.8 Å². The normalized spacial score (nSPS) is 18.4. The zero-order valence-corrected chi connectivity index (χ0v) is 20.1. The van der Waals surface area contributed by atoms with Gasteiger partial charge in [0, 0.05) is 61.0 Å². The molecule has 0 spiro atoms. The largest absolute Gasteiger partial charge is 0.356 e. The number of aromatic nitrogens is 4. The molecule has 2 aliphatic rings. The van der Waals surface area contributed by atoms with E-state index in [1.807, 2.05) is 52.0 Å². The fourth-order valence-corrected chi connectivity index (χ4v) is 5.44. The van der Waals surface area contributed by atoms with E-state index < -0.39 is 0 Å². The summed E-state index contributed by atoms with van der Waals surface area (Å²) in [5.74, 6) is 1.12. The van der Waals surface area contributed by atoms with Crippen LogP contribution in [0.5, 0.6) is 0 Å². The van der Waals surface area contributed by atoms with E-state index >= 15 is 0 Å². The van der Waals surface area contributed by atoms with Gasteiger partial charge in [-0.15, -0.1) is 0 Å². The minimum absolute atomic E-state index is 0.0458. The first-order valence-corrected chi connectivity index (χ1v) is 12.6. The van der Waals surface area contributed by atoms with Crippen LogP contribution in [0, 0.1) is 6.92 Å². The van der Waals surface area contributed by atoms with Crippen molar-refractivity contribution < 1.29 is 4.79 Å². The van der Waals surface area contributed by atoms with Gasteiger partial charge in [-0.05, 0) is 62.8 Å². The second kappa shape index (κ2) is 9.13. The van der Waals surface area contributed by atoms with Crippen LogP contribution in [0.1, 0.15) is 59.8 Å². The van der Waals surface area contributed by atoms with Gasteiger partial charge in [0.2, 0.25) is 0 Å². The van der Waals surface area contributed by atoms with Crippen molar-refractivity contribution in [3.63, 3.8) is 0 Å². The molecule has 0 bridgehead atoms. The Morgan fingerprint density at radius 1 is 0.971 bits per heavy atom. The molecule has 0 N–H and O–H groups in total. The van der Waals surface area contributed by atoms with Crippen LogP contribution in [0.4, 0.5) is 5.82 Å². The highest BCUT2D eigenvalue weighted by molar-refractivity contribution is 5.95. The van der Waals surface area contributed by atoms with Crippen LogP contribution in [-0.2, 0) is 0 Å². The molecule has 1 atom stereocenters. The van der Waals surface area contributed by atoms with Gasteiger partial charge in [0.25, 0.3) is 5.91 Å². The Morgan fingerprint density at radius 2 is 1.80 bits per heavy atom. The molecule has 0 unspecified atom stereocenters. The van der Waals surface area contributed by atoms with E-state index in [9.17, 15) is 4.79 Å². The topological polar surface area (TPSA) is 66.6 Å². The predicted molar refractivity (Wildman–Crippen MR) is 136 cm³/mol. The van der Waals surface area contributed by atoms with E-state index in [-0.39, 0.29) is 11.9 Å². The zero-order valence-electron chi connectivity index (χ0n) is 20.1. The van der Waals surface area contributed by atoms with Crippen LogP contribution in [0.3, 0.4) is 0 Å². The zero-order chi connectivity index (χ0) is 23.8. The molecule has 0 radical (unpaired) electrons. The molecule has 4 aromatic rings. The fraction of sp³-hybridized carbons (Fsp3) is 0.357. The molecular weight excluding hydrogens is 436 g/mol. The molecule has 0 aliphatic carbocycles. The Hall–Kier alpha value is -3.74. The summed E-state index contributed by atoms with van der Waals surface area (Å²) in [5, 5.41) is 4.89. The van der Waals surface area contributed by atoms with E-state index in [1.54, 1.807) is 6.20 Å². The lowest BCUT2D eigenvalue weighted by Gasteiger charge is -2.34. The number of benzene rings is 1. The SMILES string of the molecule is Cc1cn2nc([C@@H]3CCCCN3C(=O)c3cccc(-c4cccnc4)c3)cc2nc1N1CCCC1. The van der Waals surface area contributed by atoms with Crippen LogP contribution in [0.2, 0.25) is 0 Å². The lowest BCUT2D eigenvalue weighted by molar-refractivity contribution is 0.0605. The molecule has 7 heteroatoms. The minimum Gasteiger partial charge on any atom is -0.356 e. The number of anilines is 1. The van der Waals surface area contributed by atoms with E-state index in [2.05, 4.69) is 29.1 Å². The highest BCUT2D eigenvalue weighted by Gasteiger charge is 2.31. The summed E-state index contributed by atoms with van der Waals surface area (Å²) < 4.78 is 1.88. The quantitative estimate of drug-likeness (QED) is 0.420. The molecular formula is C28H30N6O. The highest BCUT2D eigenvalue weighted by Crippen LogP contribution is 2.33. The van der Waals surface area contributed by atoms with Crippen molar-refractivity contribution in [2.75, 3.05) is 24.5 Å². The van der Waals surface area contributed by atoms with Crippen molar-refractivity contribution >= 4 is 17.4 Å². The number of rotatable bonds is 4. The summed E-state index contributed by atoms with van der Waals surface area (Å²) in [6, 6.07) is 13.8. The molecule has 5 heterocycles. The Balaban J connectivity index is 1.31. The van der Waals surface area contributed by atoms with Gasteiger partial charge in [0.1, 0.15) is 5.82 Å². The summed E-state index contributed by atoms with van der Waals surface area (Å²) in [6.45, 7) is 4.97. The van der Waals surface area contributed by atoms with E-state index in [1.165, 1.54) is 12.8 Å². The molecule has 7 nitrogen and oxygen atoms in total. The first kappa shape index (κ1) is 21.8. The smallest absolute Gasteiger partial charge is 0.254 e. The first-order chi connectivity index (χ1) is 17.2. The number of aryl methyl sites for hydroxylation is 1. The second-order valence-corrected chi connectivity index (χ2v) is 9.65. The molecule has 178 valence electrons. The fourth-order valence-electron chi connectivity index (χ4n) is 5.44. The van der Waals surface area contributed by atoms with E-state index in [4.69, 9.17) is 10.1 Å². The number of piperidine rings is 1. The third-order valence-electron chi connectivity index (χ3n) is 7.24.